The average Bonchev–Trinajstić information content (AvgIpc) is 2.35. The smallest absolute Gasteiger partial charge is 0.224 e. The average molecular weight is 249 g/mol. The molecule has 98 valence electrons. The van der Waals surface area contributed by atoms with Crippen molar-refractivity contribution in [1.82, 2.24) is 14.9 Å². The van der Waals surface area contributed by atoms with Crippen LogP contribution in [0.3, 0.4) is 0 Å². The Labute approximate surface area is 108 Å². The normalized spacial score (nSPS) is 10.4. The van der Waals surface area contributed by atoms with E-state index >= 15 is 0 Å². The minimum Gasteiger partial charge on any atom is -0.383 e. The quantitative estimate of drug-likeness (QED) is 0.764. The van der Waals surface area contributed by atoms with Crippen molar-refractivity contribution >= 4 is 5.95 Å². The van der Waals surface area contributed by atoms with Gasteiger partial charge in [0.1, 0.15) is 11.8 Å². The van der Waals surface area contributed by atoms with Crippen molar-refractivity contribution in [3.8, 4) is 6.07 Å². The van der Waals surface area contributed by atoms with Crippen LogP contribution in [-0.4, -0.2) is 55.3 Å². The van der Waals surface area contributed by atoms with Crippen LogP contribution in [0, 0.1) is 18.3 Å². The first kappa shape index (κ1) is 14.4. The maximum atomic E-state index is 8.81. The number of aromatic nitrogens is 2. The Hall–Kier alpha value is -1.71. The summed E-state index contributed by atoms with van der Waals surface area (Å²) in [5.41, 5.74) is 1.18. The van der Waals surface area contributed by atoms with Crippen LogP contribution in [0.1, 0.15) is 11.4 Å². The Balaban J connectivity index is 2.39. The zero-order chi connectivity index (χ0) is 13.4. The molecule has 6 heteroatoms. The van der Waals surface area contributed by atoms with Gasteiger partial charge in [-0.15, -0.1) is 0 Å². The van der Waals surface area contributed by atoms with Crippen LogP contribution in [0.4, 0.5) is 5.95 Å². The van der Waals surface area contributed by atoms with Gasteiger partial charge in [0.05, 0.1) is 6.61 Å². The van der Waals surface area contributed by atoms with Gasteiger partial charge in [-0.2, -0.15) is 5.26 Å². The Morgan fingerprint density at radius 3 is 2.89 bits per heavy atom. The van der Waals surface area contributed by atoms with Crippen LogP contribution in [0.2, 0.25) is 0 Å². The van der Waals surface area contributed by atoms with Gasteiger partial charge in [0.15, 0.2) is 0 Å². The number of nitrogens with zero attached hydrogens (tertiary/aromatic N) is 4. The molecule has 0 unspecified atom stereocenters. The summed E-state index contributed by atoms with van der Waals surface area (Å²) in [6, 6.07) is 3.68. The molecule has 0 spiro atoms. The number of rotatable bonds is 7. The lowest BCUT2D eigenvalue weighted by Crippen LogP contribution is -2.28. The second kappa shape index (κ2) is 7.58. The van der Waals surface area contributed by atoms with E-state index in [1.54, 1.807) is 13.2 Å². The lowest BCUT2D eigenvalue weighted by Gasteiger charge is -2.16. The van der Waals surface area contributed by atoms with Crippen LogP contribution in [0.15, 0.2) is 6.07 Å². The summed E-state index contributed by atoms with van der Waals surface area (Å²) >= 11 is 0. The summed E-state index contributed by atoms with van der Waals surface area (Å²) in [4.78, 5) is 10.5. The summed E-state index contributed by atoms with van der Waals surface area (Å²) < 4.78 is 5.00. The van der Waals surface area contributed by atoms with Crippen molar-refractivity contribution in [3.05, 3.63) is 17.5 Å². The molecular formula is C12H19N5O. The number of hydrogen-bond donors (Lipinski definition) is 1. The molecule has 0 atom stereocenters. The lowest BCUT2D eigenvalue weighted by atomic mass is 10.3. The first-order valence-electron chi connectivity index (χ1n) is 5.83. The molecule has 6 nitrogen and oxygen atoms in total. The van der Waals surface area contributed by atoms with Gasteiger partial charge in [-0.1, -0.05) is 0 Å². The molecule has 1 aromatic heterocycles. The van der Waals surface area contributed by atoms with Crippen LogP contribution >= 0.6 is 0 Å². The molecule has 1 heterocycles. The van der Waals surface area contributed by atoms with E-state index in [0.717, 1.165) is 31.9 Å². The molecule has 1 rings (SSSR count). The molecule has 0 aliphatic heterocycles. The molecule has 0 aromatic carbocycles. The first-order valence-corrected chi connectivity index (χ1v) is 5.83. The molecule has 1 aromatic rings. The van der Waals surface area contributed by atoms with Crippen molar-refractivity contribution in [2.24, 2.45) is 0 Å². The maximum Gasteiger partial charge on any atom is 0.224 e. The second-order valence-corrected chi connectivity index (χ2v) is 4.05. The number of methoxy groups -OCH3 is 1. The van der Waals surface area contributed by atoms with E-state index in [9.17, 15) is 0 Å². The molecule has 0 radical (unpaired) electrons. The summed E-state index contributed by atoms with van der Waals surface area (Å²) in [5, 5.41) is 11.9. The molecule has 1 N–H and O–H groups in total. The Kier molecular flexibility index (Phi) is 6.05. The second-order valence-electron chi connectivity index (χ2n) is 4.05. The molecule has 0 aliphatic rings. The van der Waals surface area contributed by atoms with Gasteiger partial charge in [0, 0.05) is 32.4 Å². The summed E-state index contributed by atoms with van der Waals surface area (Å²) in [6.45, 7) is 5.04. The highest BCUT2D eigenvalue weighted by Gasteiger charge is 2.02. The van der Waals surface area contributed by atoms with E-state index in [-0.39, 0.29) is 0 Å². The predicted octanol–water partition coefficient (Wildman–Crippen LogP) is 0.647. The fourth-order valence-electron chi connectivity index (χ4n) is 1.42. The zero-order valence-corrected chi connectivity index (χ0v) is 11.1. The lowest BCUT2D eigenvalue weighted by molar-refractivity contribution is 0.163. The predicted molar refractivity (Wildman–Crippen MR) is 69.3 cm³/mol. The number of anilines is 1. The van der Waals surface area contributed by atoms with E-state index in [1.165, 1.54) is 0 Å². The Bertz CT molecular complexity index is 415. The van der Waals surface area contributed by atoms with E-state index in [1.807, 2.05) is 20.0 Å². The number of hydrogen-bond acceptors (Lipinski definition) is 6. The minimum atomic E-state index is 0.387. The largest absolute Gasteiger partial charge is 0.383 e. The Morgan fingerprint density at radius 1 is 1.44 bits per heavy atom. The van der Waals surface area contributed by atoms with E-state index in [0.29, 0.717) is 11.6 Å². The third kappa shape index (κ3) is 5.08. The van der Waals surface area contributed by atoms with Crippen LogP contribution in [-0.2, 0) is 4.74 Å². The number of nitriles is 1. The molecule has 0 saturated heterocycles. The van der Waals surface area contributed by atoms with Gasteiger partial charge >= 0.3 is 0 Å². The third-order valence-electron chi connectivity index (χ3n) is 2.42. The topological polar surface area (TPSA) is 74.1 Å². The van der Waals surface area contributed by atoms with Crippen LogP contribution < -0.4 is 5.32 Å². The zero-order valence-electron chi connectivity index (χ0n) is 11.1. The maximum absolute atomic E-state index is 8.81. The number of ether oxygens (including phenoxy) is 1. The van der Waals surface area contributed by atoms with Gasteiger partial charge in [0.25, 0.3) is 0 Å². The molecule has 0 aliphatic carbocycles. The summed E-state index contributed by atoms with van der Waals surface area (Å²) in [5.74, 6) is 0.506. The Morgan fingerprint density at radius 2 is 2.22 bits per heavy atom. The van der Waals surface area contributed by atoms with Crippen LogP contribution in [0.25, 0.3) is 0 Å². The van der Waals surface area contributed by atoms with Crippen molar-refractivity contribution in [1.29, 1.82) is 5.26 Å². The van der Waals surface area contributed by atoms with Gasteiger partial charge in [0.2, 0.25) is 5.95 Å². The van der Waals surface area contributed by atoms with E-state index in [2.05, 4.69) is 20.2 Å². The third-order valence-corrected chi connectivity index (χ3v) is 2.42. The van der Waals surface area contributed by atoms with Crippen molar-refractivity contribution in [2.75, 3.05) is 45.7 Å². The highest BCUT2D eigenvalue weighted by molar-refractivity contribution is 5.32. The van der Waals surface area contributed by atoms with Gasteiger partial charge in [-0.05, 0) is 20.0 Å². The van der Waals surface area contributed by atoms with Crippen molar-refractivity contribution < 1.29 is 4.74 Å². The van der Waals surface area contributed by atoms with Crippen molar-refractivity contribution in [2.45, 2.75) is 6.92 Å². The summed E-state index contributed by atoms with van der Waals surface area (Å²) in [7, 11) is 3.72. The van der Waals surface area contributed by atoms with Crippen LogP contribution in [0.5, 0.6) is 0 Å². The highest BCUT2D eigenvalue weighted by atomic mass is 16.5. The molecule has 0 bridgehead atoms. The highest BCUT2D eigenvalue weighted by Crippen LogP contribution is 2.03. The molecule has 0 amide bonds. The minimum absolute atomic E-state index is 0.387. The summed E-state index contributed by atoms with van der Waals surface area (Å²) in [6.07, 6.45) is 0. The van der Waals surface area contributed by atoms with Gasteiger partial charge in [-0.3, -0.25) is 0 Å². The van der Waals surface area contributed by atoms with Crippen molar-refractivity contribution in [3.63, 3.8) is 0 Å². The fourth-order valence-corrected chi connectivity index (χ4v) is 1.42. The van der Waals surface area contributed by atoms with Gasteiger partial charge < -0.3 is 15.0 Å². The van der Waals surface area contributed by atoms with E-state index in [4.69, 9.17) is 10.00 Å². The molecular weight excluding hydrogens is 230 g/mol. The van der Waals surface area contributed by atoms with Gasteiger partial charge in [-0.25, -0.2) is 9.97 Å². The fraction of sp³-hybridized carbons (Fsp3) is 0.583. The SMILES string of the molecule is COCCN(C)CCNc1nc(C)cc(C#N)n1. The first-order chi connectivity index (χ1) is 8.65. The standard InChI is InChI=1S/C12H19N5O/c1-10-8-11(9-13)16-12(15-10)14-4-5-17(2)6-7-18-3/h8H,4-7H2,1-3H3,(H,14,15,16). The number of nitrogens with one attached hydrogen (secondary N) is 1. The number of aryl methyl sites for hydroxylation is 1. The number of likely N-dealkylation sites (N-methyl/N-ethyl adjacent to an activating group) is 1. The molecule has 0 fully saturated rings. The monoisotopic (exact) mass is 249 g/mol. The molecule has 18 heavy (non-hydrogen) atoms. The van der Waals surface area contributed by atoms with E-state index < -0.39 is 0 Å². The molecule has 0 saturated carbocycles.